The Morgan fingerprint density at radius 3 is 2.54 bits per heavy atom. The lowest BCUT2D eigenvalue weighted by molar-refractivity contribution is -0.117. The van der Waals surface area contributed by atoms with Crippen molar-refractivity contribution in [3.05, 3.63) is 59.4 Å². The summed E-state index contributed by atoms with van der Waals surface area (Å²) in [7, 11) is 0. The molecule has 0 aliphatic carbocycles. The van der Waals surface area contributed by atoms with E-state index in [0.717, 1.165) is 0 Å². The molecular formula is C16H13F5N6O. The number of hydrogen-bond acceptors (Lipinski definition) is 4. The van der Waals surface area contributed by atoms with Crippen LogP contribution in [0.5, 0.6) is 0 Å². The Balaban J connectivity index is 1.66. The average Bonchev–Trinajstić information content (AvgIpc) is 3.24. The molecule has 0 saturated carbocycles. The lowest BCUT2D eigenvalue weighted by Crippen LogP contribution is -2.22. The van der Waals surface area contributed by atoms with Crippen LogP contribution < -0.4 is 5.32 Å². The highest BCUT2D eigenvalue weighted by Gasteiger charge is 2.22. The Kier molecular flexibility index (Phi) is 5.66. The fraction of sp³-hybridized carbons (Fsp3) is 0.250. The summed E-state index contributed by atoms with van der Waals surface area (Å²) in [5.41, 5.74) is -1.30. The van der Waals surface area contributed by atoms with Gasteiger partial charge in [0.15, 0.2) is 0 Å². The van der Waals surface area contributed by atoms with Crippen LogP contribution in [0.2, 0.25) is 0 Å². The van der Waals surface area contributed by atoms with Crippen molar-refractivity contribution in [3.63, 3.8) is 0 Å². The van der Waals surface area contributed by atoms with Crippen molar-refractivity contribution in [2.45, 2.75) is 25.9 Å². The summed E-state index contributed by atoms with van der Waals surface area (Å²) in [6, 6.07) is 6.57. The zero-order valence-corrected chi connectivity index (χ0v) is 14.1. The highest BCUT2D eigenvalue weighted by Crippen LogP contribution is 2.25. The molecule has 1 aromatic carbocycles. The van der Waals surface area contributed by atoms with Crippen LogP contribution in [0.3, 0.4) is 0 Å². The van der Waals surface area contributed by atoms with Gasteiger partial charge in [-0.3, -0.25) is 14.8 Å². The van der Waals surface area contributed by atoms with E-state index in [1.165, 1.54) is 23.1 Å². The van der Waals surface area contributed by atoms with Gasteiger partial charge in [0.1, 0.15) is 30.1 Å². The number of carbonyl (C=O) groups is 1. The summed E-state index contributed by atoms with van der Waals surface area (Å²) in [6.45, 7) is -0.670. The van der Waals surface area contributed by atoms with Crippen LogP contribution in [0.4, 0.5) is 27.9 Å². The van der Waals surface area contributed by atoms with E-state index < -0.39 is 42.5 Å². The summed E-state index contributed by atoms with van der Waals surface area (Å²) in [5.74, 6) is -1.42. The molecule has 1 amide bonds. The molecular weight excluding hydrogens is 387 g/mol. The number of nitrogens with one attached hydrogen (secondary N) is 1. The van der Waals surface area contributed by atoms with Crippen molar-refractivity contribution in [2.24, 2.45) is 0 Å². The van der Waals surface area contributed by atoms with Gasteiger partial charge in [-0.05, 0) is 12.1 Å². The second-order valence-electron chi connectivity index (χ2n) is 5.66. The topological polar surface area (TPSA) is 77.6 Å². The van der Waals surface area contributed by atoms with Gasteiger partial charge in [0.2, 0.25) is 11.9 Å². The zero-order chi connectivity index (χ0) is 20.3. The number of alkyl halides is 4. The minimum atomic E-state index is -3.08. The number of halogens is 5. The fourth-order valence-electron chi connectivity index (χ4n) is 2.39. The van der Waals surface area contributed by atoms with E-state index in [-0.39, 0.29) is 12.5 Å². The third-order valence-electron chi connectivity index (χ3n) is 3.65. The molecule has 0 fully saturated rings. The van der Waals surface area contributed by atoms with Gasteiger partial charge in [-0.1, -0.05) is 18.2 Å². The summed E-state index contributed by atoms with van der Waals surface area (Å²) < 4.78 is 66.6. The van der Waals surface area contributed by atoms with Crippen molar-refractivity contribution in [1.82, 2.24) is 24.5 Å². The highest BCUT2D eigenvalue weighted by molar-refractivity contribution is 5.88. The molecule has 3 rings (SSSR count). The molecule has 28 heavy (non-hydrogen) atoms. The predicted octanol–water partition coefficient (Wildman–Crippen LogP) is 3.18. The minimum absolute atomic E-state index is 0.0575. The first-order chi connectivity index (χ1) is 13.3. The van der Waals surface area contributed by atoms with Crippen LogP contribution in [0.1, 0.15) is 29.8 Å². The first kappa shape index (κ1) is 19.5. The monoisotopic (exact) mass is 400 g/mol. The van der Waals surface area contributed by atoms with Crippen LogP contribution >= 0.6 is 0 Å². The number of nitrogens with zero attached hydrogens (tertiary/aromatic N) is 5. The number of anilines is 1. The minimum Gasteiger partial charge on any atom is -0.292 e. The van der Waals surface area contributed by atoms with Gasteiger partial charge in [0.05, 0.1) is 6.54 Å². The van der Waals surface area contributed by atoms with E-state index in [1.807, 2.05) is 0 Å². The zero-order valence-electron chi connectivity index (χ0n) is 14.1. The molecule has 0 atom stereocenters. The third kappa shape index (κ3) is 4.50. The van der Waals surface area contributed by atoms with Gasteiger partial charge in [0.25, 0.3) is 12.9 Å². The first-order valence-electron chi connectivity index (χ1n) is 7.90. The van der Waals surface area contributed by atoms with E-state index in [9.17, 15) is 26.7 Å². The van der Waals surface area contributed by atoms with E-state index in [4.69, 9.17) is 0 Å². The van der Waals surface area contributed by atoms with Crippen LogP contribution in [0.15, 0.2) is 36.7 Å². The maximum Gasteiger partial charge on any atom is 0.282 e. The maximum absolute atomic E-state index is 13.6. The molecule has 148 valence electrons. The normalized spacial score (nSPS) is 11.4. The van der Waals surface area contributed by atoms with Gasteiger partial charge in [0, 0.05) is 5.56 Å². The molecule has 0 bridgehead atoms. The molecule has 0 saturated heterocycles. The lowest BCUT2D eigenvalue weighted by Gasteiger charge is -2.06. The molecule has 12 heteroatoms. The molecule has 2 aromatic heterocycles. The van der Waals surface area contributed by atoms with Crippen LogP contribution in [0.25, 0.3) is 0 Å². The summed E-state index contributed by atoms with van der Waals surface area (Å²) in [4.78, 5) is 15.8. The van der Waals surface area contributed by atoms with Crippen molar-refractivity contribution >= 4 is 11.9 Å². The van der Waals surface area contributed by atoms with Gasteiger partial charge in [-0.25, -0.2) is 31.6 Å². The van der Waals surface area contributed by atoms with Crippen LogP contribution in [-0.2, 0) is 17.9 Å². The van der Waals surface area contributed by atoms with Gasteiger partial charge >= 0.3 is 0 Å². The van der Waals surface area contributed by atoms with E-state index in [2.05, 4.69) is 20.5 Å². The molecule has 0 unspecified atom stereocenters. The van der Waals surface area contributed by atoms with Crippen LogP contribution in [-0.4, -0.2) is 30.5 Å². The maximum atomic E-state index is 13.6. The molecule has 3 aromatic rings. The molecule has 0 radical (unpaired) electrons. The Hall–Kier alpha value is -3.31. The quantitative estimate of drug-likeness (QED) is 0.618. The fourth-order valence-corrected chi connectivity index (χ4v) is 2.39. The van der Waals surface area contributed by atoms with Crippen molar-refractivity contribution < 1.29 is 26.7 Å². The van der Waals surface area contributed by atoms with Crippen molar-refractivity contribution in [1.29, 1.82) is 0 Å². The Morgan fingerprint density at radius 2 is 1.86 bits per heavy atom. The average molecular weight is 400 g/mol. The van der Waals surface area contributed by atoms with E-state index in [1.54, 1.807) is 12.1 Å². The smallest absolute Gasteiger partial charge is 0.282 e. The molecule has 0 aliphatic heterocycles. The van der Waals surface area contributed by atoms with E-state index in [0.29, 0.717) is 16.3 Å². The van der Waals surface area contributed by atoms with Gasteiger partial charge in [-0.15, -0.1) is 5.10 Å². The predicted molar refractivity (Wildman–Crippen MR) is 86.3 cm³/mol. The lowest BCUT2D eigenvalue weighted by atomic mass is 10.2. The van der Waals surface area contributed by atoms with Crippen molar-refractivity contribution in [3.8, 4) is 0 Å². The second-order valence-corrected chi connectivity index (χ2v) is 5.66. The standard InChI is InChI=1S/C16H13F5N6O/c17-10-4-2-1-3-9(10)6-26-8-22-16(25-26)23-13(28)7-27-12(15(20)21)5-11(24-27)14(18)19/h1-5,8,14-15H,6-7H2,(H,23,25,28). The number of aromatic nitrogens is 5. The SMILES string of the molecule is O=C(Cn1nc(C(F)F)cc1C(F)F)Nc1ncn(Cc2ccccc2F)n1. The molecule has 0 spiro atoms. The number of rotatable bonds is 7. The number of carbonyl (C=O) groups excluding carboxylic acids is 1. The molecule has 0 aliphatic rings. The Morgan fingerprint density at radius 1 is 1.11 bits per heavy atom. The molecule has 1 N–H and O–H groups in total. The summed E-state index contributed by atoms with van der Waals surface area (Å²) in [6.07, 6.45) is -4.88. The first-order valence-corrected chi connectivity index (χ1v) is 7.90. The largest absolute Gasteiger partial charge is 0.292 e. The Bertz CT molecular complexity index is 970. The number of amides is 1. The second kappa shape index (κ2) is 8.15. The Labute approximate surface area is 154 Å². The summed E-state index contributed by atoms with van der Waals surface area (Å²) >= 11 is 0. The van der Waals surface area contributed by atoms with Gasteiger partial charge < -0.3 is 0 Å². The highest BCUT2D eigenvalue weighted by atomic mass is 19.3. The summed E-state index contributed by atoms with van der Waals surface area (Å²) in [5, 5.41) is 9.50. The van der Waals surface area contributed by atoms with E-state index >= 15 is 0 Å². The third-order valence-corrected chi connectivity index (χ3v) is 3.65. The number of benzene rings is 1. The van der Waals surface area contributed by atoms with Crippen molar-refractivity contribution in [2.75, 3.05) is 5.32 Å². The molecule has 7 nitrogen and oxygen atoms in total. The van der Waals surface area contributed by atoms with Crippen LogP contribution in [0, 0.1) is 5.82 Å². The number of hydrogen-bond donors (Lipinski definition) is 1. The van der Waals surface area contributed by atoms with Gasteiger partial charge in [-0.2, -0.15) is 5.10 Å². The molecule has 2 heterocycles.